The summed E-state index contributed by atoms with van der Waals surface area (Å²) in [5, 5.41) is 22.4. The summed E-state index contributed by atoms with van der Waals surface area (Å²) in [5.74, 6) is 0. The van der Waals surface area contributed by atoms with Crippen LogP contribution in [0.25, 0.3) is 0 Å². The standard InChI is InChI=1S/C18H38O6/c1-2-3-4-5-6-7-8-9-10-11-12-13-14-15-16-17-18-20-22-24-23-21-19/h19H,2-18H2,1H3. The van der Waals surface area contributed by atoms with Crippen molar-refractivity contribution in [2.24, 2.45) is 0 Å². The van der Waals surface area contributed by atoms with Crippen LogP contribution in [0.3, 0.4) is 0 Å². The second-order valence-electron chi connectivity index (χ2n) is 6.40. The summed E-state index contributed by atoms with van der Waals surface area (Å²) < 4.78 is 0. The molecule has 0 aromatic heterocycles. The first-order chi connectivity index (χ1) is 11.9. The van der Waals surface area contributed by atoms with Crippen molar-refractivity contribution in [3.8, 4) is 0 Å². The van der Waals surface area contributed by atoms with Crippen LogP contribution in [0.15, 0.2) is 0 Å². The summed E-state index contributed by atoms with van der Waals surface area (Å²) in [6, 6.07) is 0. The number of hydrogen-bond donors (Lipinski definition) is 1. The van der Waals surface area contributed by atoms with Crippen LogP contribution < -0.4 is 0 Å². The van der Waals surface area contributed by atoms with Gasteiger partial charge in [0, 0.05) is 0 Å². The molecule has 24 heavy (non-hydrogen) atoms. The highest BCUT2D eigenvalue weighted by Gasteiger charge is 1.95. The molecule has 0 spiro atoms. The van der Waals surface area contributed by atoms with Crippen LogP contribution >= 0.6 is 0 Å². The van der Waals surface area contributed by atoms with Gasteiger partial charge in [-0.25, -0.2) is 10.1 Å². The van der Waals surface area contributed by atoms with Gasteiger partial charge in [0.15, 0.2) is 0 Å². The Morgan fingerprint density at radius 3 is 1.33 bits per heavy atom. The molecule has 1 N–H and O–H groups in total. The van der Waals surface area contributed by atoms with Gasteiger partial charge in [-0.15, -0.1) is 0 Å². The molecule has 0 bridgehead atoms. The largest absolute Gasteiger partial charge is 0.219 e. The molecule has 0 fully saturated rings. The predicted molar refractivity (Wildman–Crippen MR) is 92.5 cm³/mol. The van der Waals surface area contributed by atoms with Crippen LogP contribution in [-0.4, -0.2) is 11.9 Å². The molecule has 0 aliphatic carbocycles. The van der Waals surface area contributed by atoms with Crippen molar-refractivity contribution in [1.29, 1.82) is 0 Å². The molecule has 0 aromatic rings. The Morgan fingerprint density at radius 1 is 0.500 bits per heavy atom. The predicted octanol–water partition coefficient (Wildman–Crippen LogP) is 6.46. The molecule has 0 aliphatic rings. The first-order valence-corrected chi connectivity index (χ1v) is 9.85. The summed E-state index contributed by atoms with van der Waals surface area (Å²) >= 11 is 0. The minimum atomic E-state index is 0.424. The normalized spacial score (nSPS) is 11.2. The molecule has 0 aliphatic heterocycles. The zero-order valence-corrected chi connectivity index (χ0v) is 15.5. The fourth-order valence-corrected chi connectivity index (χ4v) is 2.79. The van der Waals surface area contributed by atoms with Crippen LogP contribution in [-0.2, 0) is 25.0 Å². The van der Waals surface area contributed by atoms with Gasteiger partial charge >= 0.3 is 0 Å². The molecule has 0 aromatic carbocycles. The topological polar surface area (TPSA) is 66.4 Å². The Morgan fingerprint density at radius 2 is 0.917 bits per heavy atom. The van der Waals surface area contributed by atoms with Crippen molar-refractivity contribution in [2.75, 3.05) is 6.61 Å². The van der Waals surface area contributed by atoms with Crippen LogP contribution in [0.4, 0.5) is 0 Å². The average molecular weight is 350 g/mol. The number of hydrogen-bond acceptors (Lipinski definition) is 6. The van der Waals surface area contributed by atoms with Crippen molar-refractivity contribution in [3.63, 3.8) is 0 Å². The lowest BCUT2D eigenvalue weighted by Gasteiger charge is -2.03. The highest BCUT2D eigenvalue weighted by atomic mass is 17.8. The van der Waals surface area contributed by atoms with Crippen molar-refractivity contribution in [1.82, 2.24) is 0 Å². The average Bonchev–Trinajstić information content (AvgIpc) is 2.60. The second-order valence-corrected chi connectivity index (χ2v) is 6.40. The Kier molecular flexibility index (Phi) is 22.5. The van der Waals surface area contributed by atoms with Crippen molar-refractivity contribution >= 4 is 0 Å². The van der Waals surface area contributed by atoms with E-state index in [1.165, 1.54) is 89.9 Å². The Labute approximate surface area is 147 Å². The molecule has 0 radical (unpaired) electrons. The van der Waals surface area contributed by atoms with Crippen LogP contribution in [0.1, 0.15) is 110 Å². The number of unbranched alkanes of at least 4 members (excludes halogenated alkanes) is 15. The van der Waals surface area contributed by atoms with Gasteiger partial charge in [-0.3, -0.25) is 0 Å². The van der Waals surface area contributed by atoms with Crippen molar-refractivity contribution < 1.29 is 30.3 Å². The van der Waals surface area contributed by atoms with Gasteiger partial charge in [-0.2, -0.15) is 0 Å². The maximum absolute atomic E-state index is 7.73. The van der Waals surface area contributed by atoms with Gasteiger partial charge in [0.1, 0.15) is 0 Å². The minimum absolute atomic E-state index is 0.424. The molecule has 0 amide bonds. The third-order valence-electron chi connectivity index (χ3n) is 4.22. The quantitative estimate of drug-likeness (QED) is 0.145. The third-order valence-corrected chi connectivity index (χ3v) is 4.22. The molecule has 0 unspecified atom stereocenters. The molecule has 0 rings (SSSR count). The van der Waals surface area contributed by atoms with Crippen LogP contribution in [0.5, 0.6) is 0 Å². The molecule has 0 heterocycles. The van der Waals surface area contributed by atoms with E-state index in [2.05, 4.69) is 32.0 Å². The van der Waals surface area contributed by atoms with Gasteiger partial charge in [0.2, 0.25) is 0 Å². The van der Waals surface area contributed by atoms with E-state index in [1.54, 1.807) is 0 Å². The lowest BCUT2D eigenvalue weighted by atomic mass is 10.0. The molecule has 146 valence electrons. The van der Waals surface area contributed by atoms with E-state index in [4.69, 9.17) is 5.26 Å². The van der Waals surface area contributed by atoms with Crippen molar-refractivity contribution in [3.05, 3.63) is 0 Å². The molecular formula is C18H38O6. The zero-order chi connectivity index (χ0) is 17.6. The molecule has 6 heteroatoms. The van der Waals surface area contributed by atoms with Crippen LogP contribution in [0.2, 0.25) is 0 Å². The van der Waals surface area contributed by atoms with Gasteiger partial charge in [-0.05, 0) is 26.6 Å². The fraction of sp³-hybridized carbons (Fsp3) is 1.00. The molecule has 0 saturated carbocycles. The first-order valence-electron chi connectivity index (χ1n) is 9.85. The highest BCUT2D eigenvalue weighted by molar-refractivity contribution is 4.49. The second kappa shape index (κ2) is 22.8. The maximum Gasteiger partial charge on any atom is 0.0855 e. The van der Waals surface area contributed by atoms with Gasteiger partial charge < -0.3 is 0 Å². The summed E-state index contributed by atoms with van der Waals surface area (Å²) in [5.41, 5.74) is 0. The molecule has 0 atom stereocenters. The van der Waals surface area contributed by atoms with E-state index >= 15 is 0 Å². The SMILES string of the molecule is CCCCCCCCCCCCCCCCCCOOOOOO. The van der Waals surface area contributed by atoms with E-state index < -0.39 is 0 Å². The highest BCUT2D eigenvalue weighted by Crippen LogP contribution is 2.13. The van der Waals surface area contributed by atoms with E-state index in [-0.39, 0.29) is 0 Å². The number of rotatable bonds is 21. The molecule has 0 saturated heterocycles. The fourth-order valence-electron chi connectivity index (χ4n) is 2.79. The summed E-state index contributed by atoms with van der Waals surface area (Å²) in [7, 11) is 0. The lowest BCUT2D eigenvalue weighted by Crippen LogP contribution is -1.99. The Hall–Kier alpha value is -0.240. The summed E-state index contributed by atoms with van der Waals surface area (Å²) in [4.78, 5) is 4.62. The van der Waals surface area contributed by atoms with Gasteiger partial charge in [-0.1, -0.05) is 103 Å². The van der Waals surface area contributed by atoms with Crippen molar-refractivity contribution in [2.45, 2.75) is 110 Å². The summed E-state index contributed by atoms with van der Waals surface area (Å²) in [6.45, 7) is 2.70. The monoisotopic (exact) mass is 350 g/mol. The van der Waals surface area contributed by atoms with E-state index in [0.717, 1.165) is 12.8 Å². The van der Waals surface area contributed by atoms with Gasteiger partial charge in [0.25, 0.3) is 0 Å². The Bertz CT molecular complexity index is 194. The van der Waals surface area contributed by atoms with E-state index in [9.17, 15) is 0 Å². The smallest absolute Gasteiger partial charge is 0.0855 e. The minimum Gasteiger partial charge on any atom is -0.219 e. The maximum atomic E-state index is 7.73. The Balaban J connectivity index is 2.93. The third kappa shape index (κ3) is 21.8. The lowest BCUT2D eigenvalue weighted by molar-refractivity contribution is -0.753. The molecular weight excluding hydrogens is 312 g/mol. The summed E-state index contributed by atoms with van der Waals surface area (Å²) in [6.07, 6.45) is 21.3. The van der Waals surface area contributed by atoms with Gasteiger partial charge in [0.05, 0.1) is 6.61 Å². The van der Waals surface area contributed by atoms with E-state index in [0.29, 0.717) is 6.61 Å². The molecule has 6 nitrogen and oxygen atoms in total. The van der Waals surface area contributed by atoms with E-state index in [1.807, 2.05) is 0 Å². The van der Waals surface area contributed by atoms with Crippen LogP contribution in [0, 0.1) is 0 Å². The first kappa shape index (κ1) is 23.8. The zero-order valence-electron chi connectivity index (χ0n) is 15.5.